The van der Waals surface area contributed by atoms with Gasteiger partial charge in [-0.15, -0.1) is 10.2 Å². The van der Waals surface area contributed by atoms with Gasteiger partial charge in [0.05, 0.1) is 6.54 Å². The smallest absolute Gasteiger partial charge is 0.225 e. The van der Waals surface area contributed by atoms with Crippen molar-refractivity contribution in [2.24, 2.45) is 0 Å². The standard InChI is InChI=1S/C13H17ClN4/c1-9-5-6-15-7-10(9)8-18-11(13(2,3)4)16-17-12(18)14/h5-7H,8H2,1-4H3. The van der Waals surface area contributed by atoms with Gasteiger partial charge in [0.2, 0.25) is 5.28 Å². The van der Waals surface area contributed by atoms with Crippen molar-refractivity contribution in [2.75, 3.05) is 0 Å². The van der Waals surface area contributed by atoms with Crippen LogP contribution in [0.15, 0.2) is 18.5 Å². The molecule has 2 aromatic rings. The zero-order chi connectivity index (χ0) is 13.3. The van der Waals surface area contributed by atoms with Gasteiger partial charge in [-0.3, -0.25) is 9.55 Å². The Morgan fingerprint density at radius 3 is 2.61 bits per heavy atom. The molecule has 0 saturated carbocycles. The molecule has 0 spiro atoms. The minimum absolute atomic E-state index is 0.0870. The Hall–Kier alpha value is -1.42. The maximum atomic E-state index is 6.12. The van der Waals surface area contributed by atoms with Gasteiger partial charge in [-0.05, 0) is 35.7 Å². The first kappa shape index (κ1) is 13.0. The van der Waals surface area contributed by atoms with Crippen molar-refractivity contribution in [3.63, 3.8) is 0 Å². The van der Waals surface area contributed by atoms with Gasteiger partial charge in [-0.1, -0.05) is 20.8 Å². The summed E-state index contributed by atoms with van der Waals surface area (Å²) in [4.78, 5) is 4.15. The van der Waals surface area contributed by atoms with Crippen LogP contribution < -0.4 is 0 Å². The molecule has 0 unspecified atom stereocenters. The first-order chi connectivity index (χ1) is 8.39. The van der Waals surface area contributed by atoms with Crippen molar-refractivity contribution < 1.29 is 0 Å². The van der Waals surface area contributed by atoms with Gasteiger partial charge in [0, 0.05) is 17.8 Å². The van der Waals surface area contributed by atoms with Gasteiger partial charge in [0.25, 0.3) is 0 Å². The summed E-state index contributed by atoms with van der Waals surface area (Å²) in [6.07, 6.45) is 3.65. The summed E-state index contributed by atoms with van der Waals surface area (Å²) in [7, 11) is 0. The van der Waals surface area contributed by atoms with E-state index in [1.807, 2.05) is 16.8 Å². The third-order valence-electron chi connectivity index (χ3n) is 2.85. The molecule has 0 aliphatic heterocycles. The number of aryl methyl sites for hydroxylation is 1. The molecule has 18 heavy (non-hydrogen) atoms. The molecule has 0 saturated heterocycles. The number of hydrogen-bond donors (Lipinski definition) is 0. The van der Waals surface area contributed by atoms with Crippen LogP contribution in [-0.2, 0) is 12.0 Å². The maximum Gasteiger partial charge on any atom is 0.225 e. The van der Waals surface area contributed by atoms with E-state index in [9.17, 15) is 0 Å². The molecule has 0 N–H and O–H groups in total. The summed E-state index contributed by atoms with van der Waals surface area (Å²) in [5.74, 6) is 0.885. The monoisotopic (exact) mass is 264 g/mol. The molecule has 2 rings (SSSR count). The van der Waals surface area contributed by atoms with Crippen LogP contribution in [0.1, 0.15) is 37.7 Å². The second-order valence-electron chi connectivity index (χ2n) is 5.43. The number of halogens is 1. The molecule has 0 amide bonds. The lowest BCUT2D eigenvalue weighted by Gasteiger charge is -2.19. The molecule has 0 bridgehead atoms. The van der Waals surface area contributed by atoms with E-state index in [1.54, 1.807) is 6.20 Å². The second kappa shape index (κ2) is 4.69. The van der Waals surface area contributed by atoms with Crippen molar-refractivity contribution >= 4 is 11.6 Å². The van der Waals surface area contributed by atoms with Crippen molar-refractivity contribution in [3.05, 3.63) is 40.7 Å². The van der Waals surface area contributed by atoms with Crippen LogP contribution in [0, 0.1) is 6.92 Å². The highest BCUT2D eigenvalue weighted by atomic mass is 35.5. The molecule has 96 valence electrons. The second-order valence-corrected chi connectivity index (χ2v) is 5.77. The van der Waals surface area contributed by atoms with Crippen molar-refractivity contribution in [1.82, 2.24) is 19.7 Å². The largest absolute Gasteiger partial charge is 0.297 e. The Kier molecular flexibility index (Phi) is 3.39. The Balaban J connectivity index is 2.41. The molecular formula is C13H17ClN4. The van der Waals surface area contributed by atoms with E-state index in [0.717, 1.165) is 11.4 Å². The molecule has 5 heteroatoms. The zero-order valence-electron chi connectivity index (χ0n) is 11.1. The van der Waals surface area contributed by atoms with Gasteiger partial charge >= 0.3 is 0 Å². The first-order valence-electron chi connectivity index (χ1n) is 5.88. The molecule has 4 nitrogen and oxygen atoms in total. The van der Waals surface area contributed by atoms with Crippen LogP contribution >= 0.6 is 11.6 Å². The van der Waals surface area contributed by atoms with Crippen molar-refractivity contribution in [2.45, 2.75) is 39.7 Å². The van der Waals surface area contributed by atoms with E-state index in [0.29, 0.717) is 11.8 Å². The molecule has 0 aromatic carbocycles. The van der Waals surface area contributed by atoms with Crippen LogP contribution in [0.2, 0.25) is 5.28 Å². The summed E-state index contributed by atoms with van der Waals surface area (Å²) in [6.45, 7) is 9.00. The zero-order valence-corrected chi connectivity index (χ0v) is 11.9. The van der Waals surface area contributed by atoms with Gasteiger partial charge in [-0.25, -0.2) is 0 Å². The molecule has 0 atom stereocenters. The first-order valence-corrected chi connectivity index (χ1v) is 6.26. The molecule has 2 aromatic heterocycles. The van der Waals surface area contributed by atoms with E-state index < -0.39 is 0 Å². The SMILES string of the molecule is Cc1ccncc1Cn1c(Cl)nnc1C(C)(C)C. The number of aromatic nitrogens is 4. The normalized spacial score (nSPS) is 11.8. The maximum absolute atomic E-state index is 6.12. The summed E-state index contributed by atoms with van der Waals surface area (Å²) in [5, 5.41) is 8.56. The fraction of sp³-hybridized carbons (Fsp3) is 0.462. The number of hydrogen-bond acceptors (Lipinski definition) is 3. The Bertz CT molecular complexity index is 554. The van der Waals surface area contributed by atoms with Crippen LogP contribution in [0.3, 0.4) is 0 Å². The van der Waals surface area contributed by atoms with E-state index in [2.05, 4.69) is 42.9 Å². The lowest BCUT2D eigenvalue weighted by molar-refractivity contribution is 0.509. The van der Waals surface area contributed by atoms with Gasteiger partial charge in [0.15, 0.2) is 0 Å². The molecule has 0 aliphatic carbocycles. The van der Waals surface area contributed by atoms with Crippen LogP contribution in [0.4, 0.5) is 0 Å². The van der Waals surface area contributed by atoms with E-state index >= 15 is 0 Å². The number of rotatable bonds is 2. The average Bonchev–Trinajstić information content (AvgIpc) is 2.63. The minimum atomic E-state index is -0.0870. The summed E-state index contributed by atoms with van der Waals surface area (Å²) in [6, 6.07) is 1.99. The summed E-state index contributed by atoms with van der Waals surface area (Å²) >= 11 is 6.12. The molecule has 0 aliphatic rings. The molecular weight excluding hydrogens is 248 g/mol. The van der Waals surface area contributed by atoms with Crippen molar-refractivity contribution in [3.8, 4) is 0 Å². The van der Waals surface area contributed by atoms with Crippen molar-refractivity contribution in [1.29, 1.82) is 0 Å². The van der Waals surface area contributed by atoms with Crippen LogP contribution in [-0.4, -0.2) is 19.7 Å². The topological polar surface area (TPSA) is 43.6 Å². The highest BCUT2D eigenvalue weighted by Crippen LogP contribution is 2.24. The number of pyridine rings is 1. The Labute approximate surface area is 112 Å². The third kappa shape index (κ3) is 2.53. The Morgan fingerprint density at radius 1 is 1.28 bits per heavy atom. The van der Waals surface area contributed by atoms with Gasteiger partial charge < -0.3 is 0 Å². The lowest BCUT2D eigenvalue weighted by Crippen LogP contribution is -2.20. The van der Waals surface area contributed by atoms with Crippen LogP contribution in [0.25, 0.3) is 0 Å². The summed E-state index contributed by atoms with van der Waals surface area (Å²) in [5.41, 5.74) is 2.23. The van der Waals surface area contributed by atoms with Gasteiger partial charge in [-0.2, -0.15) is 0 Å². The highest BCUT2D eigenvalue weighted by Gasteiger charge is 2.23. The third-order valence-corrected chi connectivity index (χ3v) is 3.13. The fourth-order valence-electron chi connectivity index (χ4n) is 1.81. The minimum Gasteiger partial charge on any atom is -0.297 e. The van der Waals surface area contributed by atoms with Crippen LogP contribution in [0.5, 0.6) is 0 Å². The quantitative estimate of drug-likeness (QED) is 0.838. The van der Waals surface area contributed by atoms with Gasteiger partial charge in [0.1, 0.15) is 5.82 Å². The lowest BCUT2D eigenvalue weighted by atomic mass is 9.95. The summed E-state index contributed by atoms with van der Waals surface area (Å²) < 4.78 is 1.94. The number of nitrogens with zero attached hydrogens (tertiary/aromatic N) is 4. The fourth-order valence-corrected chi connectivity index (χ4v) is 1.99. The average molecular weight is 265 g/mol. The molecule has 0 fully saturated rings. The predicted molar refractivity (Wildman–Crippen MR) is 71.8 cm³/mol. The van der Waals surface area contributed by atoms with E-state index in [4.69, 9.17) is 11.6 Å². The molecule has 2 heterocycles. The molecule has 0 radical (unpaired) electrons. The van der Waals surface area contributed by atoms with E-state index in [-0.39, 0.29) is 5.41 Å². The van der Waals surface area contributed by atoms with E-state index in [1.165, 1.54) is 5.56 Å². The predicted octanol–water partition coefficient (Wildman–Crippen LogP) is 2.98. The highest BCUT2D eigenvalue weighted by molar-refractivity contribution is 6.28. The Morgan fingerprint density at radius 2 is 2.00 bits per heavy atom.